The highest BCUT2D eigenvalue weighted by Gasteiger charge is 2.45. The third-order valence-corrected chi connectivity index (χ3v) is 10.1. The Kier molecular flexibility index (Phi) is 11.6. The summed E-state index contributed by atoms with van der Waals surface area (Å²) in [6, 6.07) is 12.6. The van der Waals surface area contributed by atoms with Crippen LogP contribution in [0.25, 0.3) is 11.3 Å². The fourth-order valence-electron chi connectivity index (χ4n) is 7.17. The lowest BCUT2D eigenvalue weighted by molar-refractivity contribution is -0.136. The number of carbonyl (C=O) groups excluding carboxylic acids is 6. The number of alkyl halides is 3. The lowest BCUT2D eigenvalue weighted by Gasteiger charge is -2.36. The van der Waals surface area contributed by atoms with E-state index in [1.54, 1.807) is 36.5 Å². The Morgan fingerprint density at radius 2 is 1.72 bits per heavy atom. The first-order valence-electron chi connectivity index (χ1n) is 18.6. The lowest BCUT2D eigenvalue weighted by Crippen LogP contribution is -2.54. The van der Waals surface area contributed by atoms with E-state index in [1.807, 2.05) is 9.80 Å². The number of rotatable bonds is 14. The number of nitrogens with one attached hydrogen (secondary N) is 4. The SMILES string of the molecule is O=C1CCC(N2C(=O)c3cccc(NCCCCCC(=O)N4CCN(c5ncc(C(=O)Nc6ccc(OC(F)(F)Cl)cc6)cc5-c5ccn[nH]5)CC4)c3C2=O)C(=O)N1. The molecule has 0 aliphatic carbocycles. The Hall–Kier alpha value is -6.43. The van der Waals surface area contributed by atoms with Gasteiger partial charge < -0.3 is 25.2 Å². The molecule has 0 radical (unpaired) electrons. The predicted octanol–water partition coefficient (Wildman–Crippen LogP) is 4.61. The van der Waals surface area contributed by atoms with Crippen molar-refractivity contribution < 1.29 is 42.3 Å². The fraction of sp³-hybridized carbons (Fsp3) is 0.333. The molecule has 3 aliphatic heterocycles. The van der Waals surface area contributed by atoms with Crippen LogP contribution in [0.2, 0.25) is 0 Å². The number of benzene rings is 2. The molecule has 2 aromatic carbocycles. The lowest BCUT2D eigenvalue weighted by atomic mass is 10.0. The summed E-state index contributed by atoms with van der Waals surface area (Å²) >= 11 is 4.82. The van der Waals surface area contributed by atoms with Crippen LogP contribution in [0.4, 0.5) is 26.0 Å². The van der Waals surface area contributed by atoms with Gasteiger partial charge in [0.25, 0.3) is 17.7 Å². The number of unbranched alkanes of at least 4 members (excludes halogenated alkanes) is 2. The van der Waals surface area contributed by atoms with Crippen molar-refractivity contribution in [2.75, 3.05) is 48.3 Å². The van der Waals surface area contributed by atoms with Crippen LogP contribution in [0.3, 0.4) is 0 Å². The Morgan fingerprint density at radius 1 is 0.948 bits per heavy atom. The van der Waals surface area contributed by atoms with Gasteiger partial charge in [-0.25, -0.2) is 4.98 Å². The molecule has 19 heteroatoms. The second-order valence-corrected chi connectivity index (χ2v) is 14.3. The molecule has 2 aromatic heterocycles. The van der Waals surface area contributed by atoms with Crippen molar-refractivity contribution in [1.29, 1.82) is 0 Å². The predicted molar refractivity (Wildman–Crippen MR) is 207 cm³/mol. The zero-order valence-electron chi connectivity index (χ0n) is 30.9. The van der Waals surface area contributed by atoms with Crippen molar-refractivity contribution in [3.63, 3.8) is 0 Å². The number of halogens is 3. The van der Waals surface area contributed by atoms with Crippen LogP contribution in [-0.2, 0) is 14.4 Å². The molecule has 3 aliphatic rings. The third kappa shape index (κ3) is 8.91. The summed E-state index contributed by atoms with van der Waals surface area (Å²) in [5.41, 5.74) is -1.10. The number of nitrogens with zero attached hydrogens (tertiary/aromatic N) is 5. The summed E-state index contributed by atoms with van der Waals surface area (Å²) < 4.78 is 30.2. The van der Waals surface area contributed by atoms with Crippen LogP contribution in [0.5, 0.6) is 5.75 Å². The molecule has 0 saturated carbocycles. The Labute approximate surface area is 335 Å². The number of ether oxygens (including phenoxy) is 1. The molecule has 7 rings (SSSR count). The van der Waals surface area contributed by atoms with E-state index >= 15 is 0 Å². The molecule has 16 nitrogen and oxygen atoms in total. The number of amides is 6. The Morgan fingerprint density at radius 3 is 2.43 bits per heavy atom. The van der Waals surface area contributed by atoms with E-state index < -0.39 is 41.1 Å². The van der Waals surface area contributed by atoms with Gasteiger partial charge in [-0.05, 0) is 67.8 Å². The number of pyridine rings is 1. The minimum atomic E-state index is -3.86. The standard InChI is InChI=1S/C39H38ClF2N9O7/c40-39(41,42)58-25-10-8-24(9-11-25)46-35(54)23-21-27(28-14-16-45-48-28)34(44-22-23)50-19-17-49(18-20-50)32(53)7-2-1-3-15-43-29-6-4-5-26-33(29)38(57)51(37(26)56)30-12-13-31(52)47-36(30)55/h4-6,8-11,14,16,21-22,30,43H,1-3,7,12-13,15,17-20H2,(H,45,48)(H,46,54)(H,47,52,55). The summed E-state index contributed by atoms with van der Waals surface area (Å²) in [6.07, 6.45) is 5.63. The maximum absolute atomic E-state index is 13.3. The normalized spacial score (nSPS) is 16.9. The van der Waals surface area contributed by atoms with Crippen molar-refractivity contribution in [3.8, 4) is 17.0 Å². The number of aromatic amines is 1. The minimum absolute atomic E-state index is 0.0378. The van der Waals surface area contributed by atoms with Gasteiger partial charge in [-0.15, -0.1) is 8.78 Å². The summed E-state index contributed by atoms with van der Waals surface area (Å²) in [4.78, 5) is 86.2. The summed E-state index contributed by atoms with van der Waals surface area (Å²) in [6.45, 7) is 2.47. The number of fused-ring (bicyclic) bond motifs is 1. The first-order valence-corrected chi connectivity index (χ1v) is 19.0. The summed E-state index contributed by atoms with van der Waals surface area (Å²) in [5, 5.41) is 15.1. The highest BCUT2D eigenvalue weighted by Crippen LogP contribution is 2.33. The first kappa shape index (κ1) is 39.8. The first-order chi connectivity index (χ1) is 27.9. The third-order valence-electron chi connectivity index (χ3n) is 10.0. The molecule has 4 aromatic rings. The number of aromatic nitrogens is 3. The smallest absolute Gasteiger partial charge is 0.420 e. The number of H-pyrrole nitrogens is 1. The van der Waals surface area contributed by atoms with Gasteiger partial charge >= 0.3 is 5.57 Å². The number of imide groups is 2. The van der Waals surface area contributed by atoms with Crippen molar-refractivity contribution in [2.45, 2.75) is 50.1 Å². The Bertz CT molecular complexity index is 2230. The van der Waals surface area contributed by atoms with E-state index in [2.05, 4.69) is 35.9 Å². The number of piperazine rings is 1. The molecule has 1 atom stereocenters. The van der Waals surface area contributed by atoms with E-state index in [0.717, 1.165) is 11.3 Å². The molecule has 58 heavy (non-hydrogen) atoms. The van der Waals surface area contributed by atoms with Crippen LogP contribution in [-0.4, -0.2) is 105 Å². The van der Waals surface area contributed by atoms with Crippen molar-refractivity contribution in [2.24, 2.45) is 0 Å². The van der Waals surface area contributed by atoms with Crippen molar-refractivity contribution in [3.05, 3.63) is 83.7 Å². The van der Waals surface area contributed by atoms with Gasteiger partial charge in [-0.1, -0.05) is 12.5 Å². The second-order valence-electron chi connectivity index (χ2n) is 13.9. The maximum Gasteiger partial charge on any atom is 0.487 e. The zero-order chi connectivity index (χ0) is 41.0. The quantitative estimate of drug-likeness (QED) is 0.0787. The molecular formula is C39H38ClF2N9O7. The van der Waals surface area contributed by atoms with Crippen LogP contribution in [0.1, 0.15) is 69.6 Å². The van der Waals surface area contributed by atoms with Gasteiger partial charge in [0.2, 0.25) is 17.7 Å². The average molecular weight is 818 g/mol. The number of piperidine rings is 1. The van der Waals surface area contributed by atoms with E-state index in [4.69, 9.17) is 11.6 Å². The van der Waals surface area contributed by atoms with Gasteiger partial charge in [0.05, 0.1) is 22.4 Å². The molecule has 2 saturated heterocycles. The van der Waals surface area contributed by atoms with Gasteiger partial charge in [-0.3, -0.25) is 44.1 Å². The van der Waals surface area contributed by atoms with Gasteiger partial charge in [-0.2, -0.15) is 5.10 Å². The maximum atomic E-state index is 13.3. The van der Waals surface area contributed by atoms with Gasteiger partial charge in [0, 0.05) is 86.5 Å². The summed E-state index contributed by atoms with van der Waals surface area (Å²) in [5.74, 6) is -2.23. The van der Waals surface area contributed by atoms with Gasteiger partial charge in [0.1, 0.15) is 17.6 Å². The molecule has 2 fully saturated rings. The number of hydrogen-bond acceptors (Lipinski definition) is 11. The monoisotopic (exact) mass is 817 g/mol. The molecule has 1 unspecified atom stereocenters. The molecule has 4 N–H and O–H groups in total. The molecule has 0 spiro atoms. The molecule has 5 heterocycles. The van der Waals surface area contributed by atoms with E-state index in [1.165, 1.54) is 30.5 Å². The highest BCUT2D eigenvalue weighted by atomic mass is 35.5. The van der Waals surface area contributed by atoms with Gasteiger partial charge in [0.15, 0.2) is 0 Å². The van der Waals surface area contributed by atoms with Crippen molar-refractivity contribution in [1.82, 2.24) is 30.3 Å². The molecule has 6 amide bonds. The van der Waals surface area contributed by atoms with Crippen LogP contribution >= 0.6 is 11.6 Å². The number of hydrogen-bond donors (Lipinski definition) is 4. The largest absolute Gasteiger partial charge is 0.487 e. The molecule has 302 valence electrons. The van der Waals surface area contributed by atoms with Crippen LogP contribution in [0, 0.1) is 0 Å². The Balaban J connectivity index is 0.876. The van der Waals surface area contributed by atoms with E-state index in [-0.39, 0.29) is 41.2 Å². The molecular weight excluding hydrogens is 780 g/mol. The second kappa shape index (κ2) is 17.0. The number of anilines is 3. The summed E-state index contributed by atoms with van der Waals surface area (Å²) in [7, 11) is 0. The topological polar surface area (TPSA) is 199 Å². The average Bonchev–Trinajstić information content (AvgIpc) is 3.83. The van der Waals surface area contributed by atoms with Crippen LogP contribution < -0.4 is 25.6 Å². The van der Waals surface area contributed by atoms with E-state index in [9.17, 15) is 37.5 Å². The van der Waals surface area contributed by atoms with Crippen molar-refractivity contribution >= 4 is 64.2 Å². The number of carbonyl (C=O) groups is 6. The van der Waals surface area contributed by atoms with Crippen LogP contribution in [0.15, 0.2) is 67.0 Å². The minimum Gasteiger partial charge on any atom is -0.420 e. The highest BCUT2D eigenvalue weighted by molar-refractivity contribution is 6.25. The molecule has 0 bridgehead atoms. The fourth-order valence-corrected chi connectivity index (χ4v) is 7.26. The van der Waals surface area contributed by atoms with E-state index in [0.29, 0.717) is 80.4 Å². The zero-order valence-corrected chi connectivity index (χ0v) is 31.7.